The molecule has 2 aliphatic heterocycles. The fourth-order valence-corrected chi connectivity index (χ4v) is 3.81. The third-order valence-electron chi connectivity index (χ3n) is 5.17. The fourth-order valence-electron chi connectivity index (χ4n) is 3.81. The summed E-state index contributed by atoms with van der Waals surface area (Å²) in [4.78, 5) is 29.1. The molecule has 3 heterocycles. The monoisotopic (exact) mass is 384 g/mol. The van der Waals surface area contributed by atoms with E-state index in [0.29, 0.717) is 23.7 Å². The maximum atomic E-state index is 13.4. The van der Waals surface area contributed by atoms with Crippen LogP contribution in [0.1, 0.15) is 30.1 Å². The van der Waals surface area contributed by atoms with Gasteiger partial charge in [-0.3, -0.25) is 9.59 Å². The molecule has 0 radical (unpaired) electrons. The maximum Gasteiger partial charge on any atom is 0.262 e. The number of amides is 2. The van der Waals surface area contributed by atoms with Crippen molar-refractivity contribution in [1.29, 1.82) is 0 Å². The van der Waals surface area contributed by atoms with E-state index in [4.69, 9.17) is 9.26 Å². The van der Waals surface area contributed by atoms with Crippen molar-refractivity contribution in [3.63, 3.8) is 0 Å². The Morgan fingerprint density at radius 2 is 1.96 bits per heavy atom. The number of hydrogen-bond acceptors (Lipinski definition) is 6. The van der Waals surface area contributed by atoms with Crippen LogP contribution in [0.15, 0.2) is 28.8 Å². The van der Waals surface area contributed by atoms with Crippen LogP contribution in [0.25, 0.3) is 11.3 Å². The Morgan fingerprint density at radius 3 is 2.61 bits per heavy atom. The number of piperazine rings is 1. The Bertz CT molecular complexity index is 871. The zero-order valence-electron chi connectivity index (χ0n) is 16.1. The van der Waals surface area contributed by atoms with Crippen LogP contribution in [0.4, 0.5) is 5.82 Å². The number of benzene rings is 1. The standard InChI is InChI=1S/C20H24N4O4/c1-13-11-24(12-16(25)21-13)20(26)17-18(14-5-7-15(27-2)8-6-14)28-22-19(17)23-9-3-4-10-23/h5-8,13H,3-4,9-12H2,1-2H3,(H,21,25)/t13-/m0/s1. The largest absolute Gasteiger partial charge is 0.497 e. The molecular formula is C20H24N4O4. The van der Waals surface area contributed by atoms with Crippen LogP contribution in [0.3, 0.4) is 0 Å². The minimum atomic E-state index is -0.226. The smallest absolute Gasteiger partial charge is 0.262 e. The van der Waals surface area contributed by atoms with E-state index in [2.05, 4.69) is 15.4 Å². The molecule has 2 saturated heterocycles. The molecule has 1 N–H and O–H groups in total. The topological polar surface area (TPSA) is 87.9 Å². The molecule has 0 unspecified atom stereocenters. The average Bonchev–Trinajstić information content (AvgIpc) is 3.36. The first-order chi connectivity index (χ1) is 13.6. The Kier molecular flexibility index (Phi) is 4.93. The number of ether oxygens (including phenoxy) is 1. The van der Waals surface area contributed by atoms with Gasteiger partial charge < -0.3 is 24.4 Å². The van der Waals surface area contributed by atoms with Gasteiger partial charge in [0.25, 0.3) is 5.91 Å². The molecule has 2 fully saturated rings. The molecule has 1 atom stereocenters. The summed E-state index contributed by atoms with van der Waals surface area (Å²) in [5.41, 5.74) is 1.17. The number of hydrogen-bond donors (Lipinski definition) is 1. The highest BCUT2D eigenvalue weighted by Crippen LogP contribution is 2.34. The van der Waals surface area contributed by atoms with Gasteiger partial charge in [0, 0.05) is 31.2 Å². The van der Waals surface area contributed by atoms with Crippen LogP contribution in [0.2, 0.25) is 0 Å². The third-order valence-corrected chi connectivity index (χ3v) is 5.17. The zero-order chi connectivity index (χ0) is 19.7. The van der Waals surface area contributed by atoms with Crippen LogP contribution in [0, 0.1) is 0 Å². The van der Waals surface area contributed by atoms with E-state index in [1.54, 1.807) is 12.0 Å². The molecular weight excluding hydrogens is 360 g/mol. The van der Waals surface area contributed by atoms with Crippen LogP contribution in [-0.4, -0.2) is 61.2 Å². The molecule has 2 amide bonds. The number of carbonyl (C=O) groups is 2. The summed E-state index contributed by atoms with van der Waals surface area (Å²) < 4.78 is 10.9. The van der Waals surface area contributed by atoms with Crippen molar-refractivity contribution >= 4 is 17.6 Å². The van der Waals surface area contributed by atoms with Gasteiger partial charge in [-0.05, 0) is 44.0 Å². The van der Waals surface area contributed by atoms with Crippen molar-refractivity contribution < 1.29 is 18.8 Å². The van der Waals surface area contributed by atoms with Gasteiger partial charge in [-0.1, -0.05) is 5.16 Å². The molecule has 148 valence electrons. The van der Waals surface area contributed by atoms with Crippen molar-refractivity contribution in [2.45, 2.75) is 25.8 Å². The van der Waals surface area contributed by atoms with Crippen LogP contribution < -0.4 is 15.0 Å². The lowest BCUT2D eigenvalue weighted by Crippen LogP contribution is -2.54. The summed E-state index contributed by atoms with van der Waals surface area (Å²) in [5, 5.41) is 7.08. The summed E-state index contributed by atoms with van der Waals surface area (Å²) >= 11 is 0. The number of carbonyl (C=O) groups excluding carboxylic acids is 2. The SMILES string of the molecule is COc1ccc(-c2onc(N3CCCC3)c2C(=O)N2CC(=O)N[C@@H](C)C2)cc1. The predicted molar refractivity (Wildman–Crippen MR) is 103 cm³/mol. The van der Waals surface area contributed by atoms with Crippen molar-refractivity contribution in [2.75, 3.05) is 38.2 Å². The van der Waals surface area contributed by atoms with Gasteiger partial charge in [0.05, 0.1) is 13.7 Å². The van der Waals surface area contributed by atoms with E-state index in [1.807, 2.05) is 31.2 Å². The molecule has 0 spiro atoms. The molecule has 2 aliphatic rings. The van der Waals surface area contributed by atoms with E-state index in [9.17, 15) is 9.59 Å². The fraction of sp³-hybridized carbons (Fsp3) is 0.450. The molecule has 0 saturated carbocycles. The van der Waals surface area contributed by atoms with Crippen molar-refractivity contribution in [3.05, 3.63) is 29.8 Å². The molecule has 8 heteroatoms. The summed E-state index contributed by atoms with van der Waals surface area (Å²) in [6, 6.07) is 7.23. The van der Waals surface area contributed by atoms with Gasteiger partial charge in [0.1, 0.15) is 11.3 Å². The van der Waals surface area contributed by atoms with Crippen LogP contribution in [0.5, 0.6) is 5.75 Å². The summed E-state index contributed by atoms with van der Waals surface area (Å²) in [7, 11) is 1.60. The van der Waals surface area contributed by atoms with Crippen LogP contribution >= 0.6 is 0 Å². The third kappa shape index (κ3) is 3.42. The number of nitrogens with zero attached hydrogens (tertiary/aromatic N) is 3. The Balaban J connectivity index is 1.74. The Morgan fingerprint density at radius 1 is 1.25 bits per heavy atom. The molecule has 1 aromatic heterocycles. The highest BCUT2D eigenvalue weighted by Gasteiger charge is 2.34. The average molecular weight is 384 g/mol. The summed E-state index contributed by atoms with van der Waals surface area (Å²) in [6.07, 6.45) is 2.11. The molecule has 0 aliphatic carbocycles. The number of methoxy groups -OCH3 is 1. The van der Waals surface area contributed by atoms with Crippen molar-refractivity contribution in [3.8, 4) is 17.1 Å². The van der Waals surface area contributed by atoms with Gasteiger partial charge in [0.15, 0.2) is 11.6 Å². The molecule has 1 aromatic carbocycles. The number of rotatable bonds is 4. The Labute approximate surface area is 163 Å². The van der Waals surface area contributed by atoms with E-state index in [1.165, 1.54) is 0 Å². The predicted octanol–water partition coefficient (Wildman–Crippen LogP) is 1.91. The van der Waals surface area contributed by atoms with Crippen LogP contribution in [-0.2, 0) is 4.79 Å². The highest BCUT2D eigenvalue weighted by molar-refractivity contribution is 6.05. The molecule has 28 heavy (non-hydrogen) atoms. The number of anilines is 1. The first-order valence-corrected chi connectivity index (χ1v) is 9.54. The minimum Gasteiger partial charge on any atom is -0.497 e. The number of nitrogens with one attached hydrogen (secondary N) is 1. The zero-order valence-corrected chi connectivity index (χ0v) is 16.1. The van der Waals surface area contributed by atoms with Gasteiger partial charge >= 0.3 is 0 Å². The molecule has 4 rings (SSSR count). The second-order valence-electron chi connectivity index (χ2n) is 7.29. The lowest BCUT2D eigenvalue weighted by molar-refractivity contribution is -0.124. The second kappa shape index (κ2) is 7.53. The molecule has 8 nitrogen and oxygen atoms in total. The summed E-state index contributed by atoms with van der Waals surface area (Å²) in [5.74, 6) is 1.32. The second-order valence-corrected chi connectivity index (χ2v) is 7.29. The van der Waals surface area contributed by atoms with Gasteiger partial charge in [0.2, 0.25) is 5.91 Å². The van der Waals surface area contributed by atoms with E-state index < -0.39 is 0 Å². The van der Waals surface area contributed by atoms with Crippen molar-refractivity contribution in [1.82, 2.24) is 15.4 Å². The van der Waals surface area contributed by atoms with Gasteiger partial charge in [-0.15, -0.1) is 0 Å². The van der Waals surface area contributed by atoms with Gasteiger partial charge in [-0.25, -0.2) is 0 Å². The van der Waals surface area contributed by atoms with Crippen molar-refractivity contribution in [2.24, 2.45) is 0 Å². The first-order valence-electron chi connectivity index (χ1n) is 9.54. The lowest BCUT2D eigenvalue weighted by atomic mass is 10.1. The summed E-state index contributed by atoms with van der Waals surface area (Å²) in [6.45, 7) is 4.06. The highest BCUT2D eigenvalue weighted by atomic mass is 16.5. The molecule has 2 aromatic rings. The lowest BCUT2D eigenvalue weighted by Gasteiger charge is -2.31. The van der Waals surface area contributed by atoms with E-state index in [-0.39, 0.29) is 24.4 Å². The van der Waals surface area contributed by atoms with E-state index >= 15 is 0 Å². The Hall–Kier alpha value is -3.03. The van der Waals surface area contributed by atoms with E-state index in [0.717, 1.165) is 37.2 Å². The first kappa shape index (κ1) is 18.3. The number of aromatic nitrogens is 1. The minimum absolute atomic E-state index is 0.0375. The quantitative estimate of drug-likeness (QED) is 0.866. The molecule has 0 bridgehead atoms. The normalized spacial score (nSPS) is 19.6. The van der Waals surface area contributed by atoms with Gasteiger partial charge in [-0.2, -0.15) is 0 Å². The maximum absolute atomic E-state index is 13.4.